The number of aromatic nitrogens is 3. The van der Waals surface area contributed by atoms with E-state index in [0.717, 1.165) is 41.3 Å². The first-order valence-electron chi connectivity index (χ1n) is 10.2. The Bertz CT molecular complexity index is 922. The zero-order chi connectivity index (χ0) is 21.2. The van der Waals surface area contributed by atoms with E-state index in [-0.39, 0.29) is 17.4 Å². The van der Waals surface area contributed by atoms with E-state index < -0.39 is 0 Å². The topological polar surface area (TPSA) is 60.1 Å². The molecule has 6 nitrogen and oxygen atoms in total. The Balaban J connectivity index is 2.59. The van der Waals surface area contributed by atoms with Gasteiger partial charge in [-0.1, -0.05) is 13.3 Å². The maximum absolute atomic E-state index is 13.6. The van der Waals surface area contributed by atoms with Crippen LogP contribution >= 0.6 is 0 Å². The molecule has 154 valence electrons. The summed E-state index contributed by atoms with van der Waals surface area (Å²) in [7, 11) is 1.91. The molecule has 0 unspecified atom stereocenters. The molecule has 0 spiro atoms. The number of carbonyl (C=O) groups is 1. The van der Waals surface area contributed by atoms with Gasteiger partial charge in [0, 0.05) is 54.9 Å². The molecule has 0 aliphatic rings. The van der Waals surface area contributed by atoms with Crippen LogP contribution in [0.5, 0.6) is 0 Å². The average Bonchev–Trinajstić information content (AvgIpc) is 2.84. The minimum absolute atomic E-state index is 0.0308. The van der Waals surface area contributed by atoms with Crippen molar-refractivity contribution in [2.24, 2.45) is 7.05 Å². The van der Waals surface area contributed by atoms with Crippen molar-refractivity contribution in [1.29, 1.82) is 0 Å². The van der Waals surface area contributed by atoms with Gasteiger partial charge in [0.25, 0.3) is 5.91 Å². The van der Waals surface area contributed by atoms with Gasteiger partial charge in [-0.15, -0.1) is 0 Å². The fraction of sp³-hybridized carbons (Fsp3) is 0.591. The standard InChI is InChI=1S/C22H34N4O2/c1-9-11-19-21(20(27)12-15(5)25(19)10-2)22(28)26(14(3)4)13-18-16(6)23-24(8)17(18)7/h12,14H,9-11,13H2,1-8H3. The molecule has 2 rings (SSSR count). The second-order valence-electron chi connectivity index (χ2n) is 7.77. The molecule has 0 bridgehead atoms. The van der Waals surface area contributed by atoms with E-state index >= 15 is 0 Å². The van der Waals surface area contributed by atoms with Crippen molar-refractivity contribution in [3.8, 4) is 0 Å². The van der Waals surface area contributed by atoms with Gasteiger partial charge in [-0.3, -0.25) is 14.3 Å². The summed E-state index contributed by atoms with van der Waals surface area (Å²) >= 11 is 0. The predicted octanol–water partition coefficient (Wildman–Crippen LogP) is 3.53. The van der Waals surface area contributed by atoms with Crippen LogP contribution in [0.2, 0.25) is 0 Å². The van der Waals surface area contributed by atoms with Gasteiger partial charge in [0.15, 0.2) is 5.43 Å². The molecule has 1 amide bonds. The average molecular weight is 387 g/mol. The van der Waals surface area contributed by atoms with Crippen molar-refractivity contribution in [3.05, 3.63) is 50.2 Å². The third kappa shape index (κ3) is 4.05. The second-order valence-corrected chi connectivity index (χ2v) is 7.77. The van der Waals surface area contributed by atoms with E-state index in [4.69, 9.17) is 0 Å². The Kier molecular flexibility index (Phi) is 6.86. The van der Waals surface area contributed by atoms with E-state index in [9.17, 15) is 9.59 Å². The van der Waals surface area contributed by atoms with Crippen molar-refractivity contribution >= 4 is 5.91 Å². The van der Waals surface area contributed by atoms with Crippen LogP contribution < -0.4 is 5.43 Å². The summed E-state index contributed by atoms with van der Waals surface area (Å²) in [5, 5.41) is 4.47. The molecule has 0 N–H and O–H groups in total. The lowest BCUT2D eigenvalue weighted by molar-refractivity contribution is 0.0686. The number of rotatable bonds is 7. The van der Waals surface area contributed by atoms with Crippen LogP contribution in [-0.4, -0.2) is 31.2 Å². The van der Waals surface area contributed by atoms with Crippen LogP contribution in [0.3, 0.4) is 0 Å². The summed E-state index contributed by atoms with van der Waals surface area (Å²) in [6.45, 7) is 15.2. The number of pyridine rings is 1. The SMILES string of the molecule is CCCc1c(C(=O)N(Cc2c(C)nn(C)c2C)C(C)C)c(=O)cc(C)n1CC. The Morgan fingerprint density at radius 1 is 1.21 bits per heavy atom. The second kappa shape index (κ2) is 8.76. The highest BCUT2D eigenvalue weighted by Crippen LogP contribution is 2.20. The third-order valence-corrected chi connectivity index (χ3v) is 5.51. The quantitative estimate of drug-likeness (QED) is 0.731. The maximum atomic E-state index is 13.6. The number of carbonyl (C=O) groups excluding carboxylic acids is 1. The summed E-state index contributed by atoms with van der Waals surface area (Å²) in [6.07, 6.45) is 1.59. The maximum Gasteiger partial charge on any atom is 0.260 e. The molecule has 2 heterocycles. The largest absolute Gasteiger partial charge is 0.348 e. The lowest BCUT2D eigenvalue weighted by atomic mass is 10.0. The van der Waals surface area contributed by atoms with Crippen LogP contribution in [0.15, 0.2) is 10.9 Å². The van der Waals surface area contributed by atoms with Crippen molar-refractivity contribution in [3.63, 3.8) is 0 Å². The predicted molar refractivity (Wildman–Crippen MR) is 113 cm³/mol. The Labute approximate surface area is 168 Å². The minimum Gasteiger partial charge on any atom is -0.348 e. The third-order valence-electron chi connectivity index (χ3n) is 5.51. The first-order valence-corrected chi connectivity index (χ1v) is 10.2. The summed E-state index contributed by atoms with van der Waals surface area (Å²) in [4.78, 5) is 28.3. The van der Waals surface area contributed by atoms with Crippen LogP contribution in [0, 0.1) is 20.8 Å². The molecule has 28 heavy (non-hydrogen) atoms. The van der Waals surface area contributed by atoms with Gasteiger partial charge in [-0.2, -0.15) is 5.10 Å². The highest BCUT2D eigenvalue weighted by molar-refractivity contribution is 5.95. The van der Waals surface area contributed by atoms with Gasteiger partial charge >= 0.3 is 0 Å². The fourth-order valence-corrected chi connectivity index (χ4v) is 3.84. The van der Waals surface area contributed by atoms with Gasteiger partial charge in [0.2, 0.25) is 0 Å². The zero-order valence-corrected chi connectivity index (χ0v) is 18.6. The molecule has 0 saturated carbocycles. The molecule has 2 aromatic heterocycles. The molecule has 2 aromatic rings. The molecular weight excluding hydrogens is 352 g/mol. The van der Waals surface area contributed by atoms with Gasteiger partial charge < -0.3 is 9.47 Å². The lowest BCUT2D eigenvalue weighted by Crippen LogP contribution is -2.40. The molecule has 0 atom stereocenters. The van der Waals surface area contributed by atoms with Gasteiger partial charge in [0.1, 0.15) is 5.56 Å². The van der Waals surface area contributed by atoms with Gasteiger partial charge in [-0.05, 0) is 48.0 Å². The first-order chi connectivity index (χ1) is 13.1. The zero-order valence-electron chi connectivity index (χ0n) is 18.6. The molecule has 0 fully saturated rings. The minimum atomic E-state index is -0.187. The Morgan fingerprint density at radius 3 is 2.32 bits per heavy atom. The molecular formula is C22H34N4O2. The molecule has 0 aromatic carbocycles. The van der Waals surface area contributed by atoms with Crippen LogP contribution in [-0.2, 0) is 26.6 Å². The number of amides is 1. The fourth-order valence-electron chi connectivity index (χ4n) is 3.84. The molecule has 6 heteroatoms. The van der Waals surface area contributed by atoms with Crippen LogP contribution in [0.25, 0.3) is 0 Å². The first kappa shape index (κ1) is 21.9. The summed E-state index contributed by atoms with van der Waals surface area (Å²) < 4.78 is 3.93. The lowest BCUT2D eigenvalue weighted by Gasteiger charge is -2.29. The van der Waals surface area contributed by atoms with E-state index in [0.29, 0.717) is 18.5 Å². The summed E-state index contributed by atoms with van der Waals surface area (Å²) in [6, 6.07) is 1.56. The van der Waals surface area contributed by atoms with E-state index in [1.807, 2.05) is 53.3 Å². The van der Waals surface area contributed by atoms with Crippen molar-refractivity contribution in [2.45, 2.75) is 80.4 Å². The number of aryl methyl sites for hydroxylation is 3. The van der Waals surface area contributed by atoms with Crippen molar-refractivity contribution in [1.82, 2.24) is 19.2 Å². The molecule has 0 aliphatic heterocycles. The number of hydrogen-bond acceptors (Lipinski definition) is 3. The van der Waals surface area contributed by atoms with Gasteiger partial charge in [-0.25, -0.2) is 0 Å². The van der Waals surface area contributed by atoms with E-state index in [1.54, 1.807) is 11.0 Å². The Hall–Kier alpha value is -2.37. The smallest absolute Gasteiger partial charge is 0.260 e. The van der Waals surface area contributed by atoms with Crippen LogP contribution in [0.4, 0.5) is 0 Å². The monoisotopic (exact) mass is 386 g/mol. The number of hydrogen-bond donors (Lipinski definition) is 0. The Morgan fingerprint density at radius 2 is 1.86 bits per heavy atom. The highest BCUT2D eigenvalue weighted by atomic mass is 16.2. The summed E-state index contributed by atoms with van der Waals surface area (Å²) in [5.41, 5.74) is 4.90. The van der Waals surface area contributed by atoms with Crippen molar-refractivity contribution < 1.29 is 4.79 Å². The van der Waals surface area contributed by atoms with Gasteiger partial charge in [0.05, 0.1) is 5.69 Å². The number of nitrogens with zero attached hydrogens (tertiary/aromatic N) is 4. The molecule has 0 saturated heterocycles. The normalized spacial score (nSPS) is 11.3. The van der Waals surface area contributed by atoms with Crippen molar-refractivity contribution in [2.75, 3.05) is 0 Å². The van der Waals surface area contributed by atoms with E-state index in [2.05, 4.69) is 16.6 Å². The summed E-state index contributed by atoms with van der Waals surface area (Å²) in [5.74, 6) is -0.187. The van der Waals surface area contributed by atoms with E-state index in [1.165, 1.54) is 0 Å². The van der Waals surface area contributed by atoms with Crippen LogP contribution in [0.1, 0.15) is 72.8 Å². The molecule has 0 aliphatic carbocycles. The molecule has 0 radical (unpaired) electrons. The highest BCUT2D eigenvalue weighted by Gasteiger charge is 2.27.